The van der Waals surface area contributed by atoms with E-state index in [1.54, 1.807) is 12.1 Å². The van der Waals surface area contributed by atoms with Crippen LogP contribution in [0, 0.1) is 5.82 Å². The summed E-state index contributed by atoms with van der Waals surface area (Å²) in [6.07, 6.45) is 0. The molecule has 0 aliphatic heterocycles. The summed E-state index contributed by atoms with van der Waals surface area (Å²) in [4.78, 5) is 0. The summed E-state index contributed by atoms with van der Waals surface area (Å²) in [5.41, 5.74) is 2.76. The molecule has 1 heterocycles. The van der Waals surface area contributed by atoms with Crippen LogP contribution < -0.4 is 5.32 Å². The molecule has 1 aromatic carbocycles. The molecule has 2 rings (SSSR count). The van der Waals surface area contributed by atoms with Crippen molar-refractivity contribution in [2.75, 3.05) is 7.05 Å². The Morgan fingerprint density at radius 2 is 2.00 bits per heavy atom. The lowest BCUT2D eigenvalue weighted by Gasteiger charge is -2.05. The fourth-order valence-corrected chi connectivity index (χ4v) is 1.48. The fraction of sp³-hybridized carbons (Fsp3) is 0.250. The largest absolute Gasteiger partial charge is 0.312 e. The van der Waals surface area contributed by atoms with E-state index in [2.05, 4.69) is 15.5 Å². The van der Waals surface area contributed by atoms with Crippen LogP contribution in [0.3, 0.4) is 0 Å². The van der Waals surface area contributed by atoms with Gasteiger partial charge in [0.2, 0.25) is 0 Å². The zero-order valence-corrected chi connectivity index (χ0v) is 9.29. The lowest BCUT2D eigenvalue weighted by Crippen LogP contribution is -2.12. The standard InChI is InChI=1S/C12H14FN3/c1-8(14-2)11-7-12(16-15-11)9-3-5-10(13)6-4-9/h3-8,14H,1-2H3,(H,15,16). The predicted molar refractivity (Wildman–Crippen MR) is 61.5 cm³/mol. The van der Waals surface area contributed by atoms with E-state index in [1.165, 1.54) is 12.1 Å². The number of aromatic nitrogens is 2. The molecule has 2 aromatic rings. The van der Waals surface area contributed by atoms with Gasteiger partial charge in [0.25, 0.3) is 0 Å². The van der Waals surface area contributed by atoms with E-state index in [0.29, 0.717) is 0 Å². The van der Waals surface area contributed by atoms with Crippen molar-refractivity contribution in [2.45, 2.75) is 13.0 Å². The summed E-state index contributed by atoms with van der Waals surface area (Å²) in [6, 6.07) is 8.50. The lowest BCUT2D eigenvalue weighted by atomic mass is 10.1. The average molecular weight is 219 g/mol. The molecule has 0 amide bonds. The molecular weight excluding hydrogens is 205 g/mol. The number of hydrogen-bond donors (Lipinski definition) is 2. The summed E-state index contributed by atoms with van der Waals surface area (Å²) in [5.74, 6) is -0.233. The molecule has 0 bridgehead atoms. The molecule has 2 N–H and O–H groups in total. The maximum absolute atomic E-state index is 12.8. The second-order valence-electron chi connectivity index (χ2n) is 3.73. The predicted octanol–water partition coefficient (Wildman–Crippen LogP) is 2.50. The van der Waals surface area contributed by atoms with Crippen LogP contribution in [0.2, 0.25) is 0 Å². The number of rotatable bonds is 3. The molecule has 1 unspecified atom stereocenters. The van der Waals surface area contributed by atoms with E-state index in [0.717, 1.165) is 17.0 Å². The number of hydrogen-bond acceptors (Lipinski definition) is 2. The van der Waals surface area contributed by atoms with Crippen molar-refractivity contribution in [3.8, 4) is 11.3 Å². The van der Waals surface area contributed by atoms with Crippen LogP contribution in [0.5, 0.6) is 0 Å². The van der Waals surface area contributed by atoms with Crippen molar-refractivity contribution in [3.63, 3.8) is 0 Å². The highest BCUT2D eigenvalue weighted by Crippen LogP contribution is 2.20. The van der Waals surface area contributed by atoms with Crippen molar-refractivity contribution in [2.24, 2.45) is 0 Å². The summed E-state index contributed by atoms with van der Waals surface area (Å²) < 4.78 is 12.8. The van der Waals surface area contributed by atoms with Gasteiger partial charge in [-0.25, -0.2) is 4.39 Å². The Morgan fingerprint density at radius 1 is 1.31 bits per heavy atom. The molecule has 1 atom stereocenters. The van der Waals surface area contributed by atoms with Gasteiger partial charge in [0.15, 0.2) is 0 Å². The molecular formula is C12H14FN3. The number of H-pyrrole nitrogens is 1. The first-order valence-electron chi connectivity index (χ1n) is 5.19. The number of nitrogens with zero attached hydrogens (tertiary/aromatic N) is 1. The van der Waals surface area contributed by atoms with E-state index >= 15 is 0 Å². The Balaban J connectivity index is 2.28. The SMILES string of the molecule is CNC(C)c1cc(-c2ccc(F)cc2)n[nH]1. The molecule has 16 heavy (non-hydrogen) atoms. The third kappa shape index (κ3) is 2.12. The highest BCUT2D eigenvalue weighted by molar-refractivity contribution is 5.59. The van der Waals surface area contributed by atoms with Crippen LogP contribution in [-0.4, -0.2) is 17.2 Å². The van der Waals surface area contributed by atoms with Gasteiger partial charge < -0.3 is 5.32 Å². The van der Waals surface area contributed by atoms with Gasteiger partial charge in [0.1, 0.15) is 5.82 Å². The smallest absolute Gasteiger partial charge is 0.123 e. The summed E-state index contributed by atoms with van der Waals surface area (Å²) in [6.45, 7) is 2.04. The molecule has 0 radical (unpaired) electrons. The van der Waals surface area contributed by atoms with Crippen molar-refractivity contribution in [3.05, 3.63) is 41.8 Å². The summed E-state index contributed by atoms with van der Waals surface area (Å²) in [7, 11) is 1.89. The number of benzene rings is 1. The van der Waals surface area contributed by atoms with Crippen molar-refractivity contribution in [1.29, 1.82) is 0 Å². The van der Waals surface area contributed by atoms with Crippen molar-refractivity contribution in [1.82, 2.24) is 15.5 Å². The van der Waals surface area contributed by atoms with Gasteiger partial charge in [-0.2, -0.15) is 5.10 Å². The Hall–Kier alpha value is -1.68. The number of aromatic amines is 1. The minimum Gasteiger partial charge on any atom is -0.312 e. The Bertz CT molecular complexity index is 461. The Labute approximate surface area is 93.7 Å². The second-order valence-corrected chi connectivity index (χ2v) is 3.73. The van der Waals surface area contributed by atoms with E-state index in [-0.39, 0.29) is 11.9 Å². The Morgan fingerprint density at radius 3 is 2.62 bits per heavy atom. The summed E-state index contributed by atoms with van der Waals surface area (Å²) in [5, 5.41) is 10.3. The first-order chi connectivity index (χ1) is 7.70. The van der Waals surface area contributed by atoms with Crippen LogP contribution in [0.15, 0.2) is 30.3 Å². The Kier molecular flexibility index (Phi) is 3.01. The first-order valence-corrected chi connectivity index (χ1v) is 5.19. The van der Waals surface area contributed by atoms with Crippen molar-refractivity contribution >= 4 is 0 Å². The van der Waals surface area contributed by atoms with Gasteiger partial charge in [0, 0.05) is 11.6 Å². The fourth-order valence-electron chi connectivity index (χ4n) is 1.48. The zero-order valence-electron chi connectivity index (χ0n) is 9.29. The normalized spacial score (nSPS) is 12.7. The van der Waals surface area contributed by atoms with E-state index < -0.39 is 0 Å². The van der Waals surface area contributed by atoms with Gasteiger partial charge in [0.05, 0.1) is 11.4 Å². The van der Waals surface area contributed by atoms with Gasteiger partial charge >= 0.3 is 0 Å². The average Bonchev–Trinajstić information content (AvgIpc) is 2.78. The molecule has 0 fully saturated rings. The van der Waals surface area contributed by atoms with Crippen molar-refractivity contribution < 1.29 is 4.39 Å². The number of halogens is 1. The quantitative estimate of drug-likeness (QED) is 0.832. The van der Waals surface area contributed by atoms with Gasteiger partial charge in [-0.1, -0.05) is 0 Å². The molecule has 0 aliphatic rings. The monoisotopic (exact) mass is 219 g/mol. The maximum Gasteiger partial charge on any atom is 0.123 e. The molecule has 1 aromatic heterocycles. The maximum atomic E-state index is 12.8. The molecule has 0 saturated heterocycles. The molecule has 84 valence electrons. The van der Waals surface area contributed by atoms with Crippen LogP contribution in [0.1, 0.15) is 18.7 Å². The van der Waals surface area contributed by atoms with E-state index in [1.807, 2.05) is 20.0 Å². The molecule has 4 heteroatoms. The zero-order chi connectivity index (χ0) is 11.5. The second kappa shape index (κ2) is 4.45. The molecule has 0 saturated carbocycles. The van der Waals surface area contributed by atoms with E-state index in [4.69, 9.17) is 0 Å². The summed E-state index contributed by atoms with van der Waals surface area (Å²) >= 11 is 0. The van der Waals surface area contributed by atoms with Crippen LogP contribution in [0.25, 0.3) is 11.3 Å². The number of nitrogens with one attached hydrogen (secondary N) is 2. The van der Waals surface area contributed by atoms with Gasteiger partial charge in [-0.05, 0) is 44.3 Å². The van der Waals surface area contributed by atoms with Gasteiger partial charge in [-0.15, -0.1) is 0 Å². The highest BCUT2D eigenvalue weighted by Gasteiger charge is 2.08. The van der Waals surface area contributed by atoms with Crippen LogP contribution in [-0.2, 0) is 0 Å². The van der Waals surface area contributed by atoms with Crippen LogP contribution >= 0.6 is 0 Å². The topological polar surface area (TPSA) is 40.7 Å². The van der Waals surface area contributed by atoms with E-state index in [9.17, 15) is 4.39 Å². The first kappa shape index (κ1) is 10.8. The minimum atomic E-state index is -0.233. The third-order valence-corrected chi connectivity index (χ3v) is 2.64. The molecule has 0 spiro atoms. The van der Waals surface area contributed by atoms with Gasteiger partial charge in [-0.3, -0.25) is 5.10 Å². The lowest BCUT2D eigenvalue weighted by molar-refractivity contribution is 0.628. The minimum absolute atomic E-state index is 0.224. The highest BCUT2D eigenvalue weighted by atomic mass is 19.1. The molecule has 0 aliphatic carbocycles. The van der Waals surface area contributed by atoms with Crippen LogP contribution in [0.4, 0.5) is 4.39 Å². The molecule has 3 nitrogen and oxygen atoms in total. The third-order valence-electron chi connectivity index (χ3n) is 2.64.